The highest BCUT2D eigenvalue weighted by molar-refractivity contribution is 8.00. The molecule has 0 saturated heterocycles. The van der Waals surface area contributed by atoms with Crippen LogP contribution in [0, 0.1) is 5.92 Å². The number of carbonyl (C=O) groups excluding carboxylic acids is 1. The van der Waals surface area contributed by atoms with Gasteiger partial charge in [0.2, 0.25) is 11.1 Å². The third-order valence-corrected chi connectivity index (χ3v) is 5.78. The molecular weight excluding hydrogens is 298 g/mol. The second kappa shape index (κ2) is 6.48. The fraction of sp³-hybridized carbons (Fsp3) is 0.800. The van der Waals surface area contributed by atoms with Crippen LogP contribution in [-0.4, -0.2) is 32.1 Å². The number of amides is 1. The van der Waals surface area contributed by atoms with Crippen molar-refractivity contribution in [1.82, 2.24) is 20.2 Å². The zero-order valence-electron chi connectivity index (χ0n) is 13.3. The number of nitrogens with two attached hydrogens (primary N) is 1. The van der Waals surface area contributed by atoms with Gasteiger partial charge in [0.05, 0.1) is 5.25 Å². The van der Waals surface area contributed by atoms with Crippen LogP contribution >= 0.6 is 11.8 Å². The van der Waals surface area contributed by atoms with Gasteiger partial charge in [-0.3, -0.25) is 4.79 Å². The van der Waals surface area contributed by atoms with Gasteiger partial charge < -0.3 is 11.2 Å². The van der Waals surface area contributed by atoms with Crippen LogP contribution in [0.2, 0.25) is 0 Å². The fourth-order valence-corrected chi connectivity index (χ4v) is 3.82. The van der Waals surface area contributed by atoms with E-state index in [1.54, 1.807) is 4.68 Å². The van der Waals surface area contributed by atoms with Gasteiger partial charge in [-0.1, -0.05) is 31.5 Å². The molecule has 6 nitrogen and oxygen atoms in total. The monoisotopic (exact) mass is 323 g/mol. The third-order valence-electron chi connectivity index (χ3n) is 4.72. The van der Waals surface area contributed by atoms with Gasteiger partial charge in [-0.2, -0.15) is 0 Å². The number of nitrogen functional groups attached to an aromatic ring is 1. The van der Waals surface area contributed by atoms with E-state index in [9.17, 15) is 4.79 Å². The molecule has 2 aliphatic carbocycles. The molecule has 0 bridgehead atoms. The number of nitrogens with zero attached hydrogens (tertiary/aromatic N) is 3. The maximum Gasteiger partial charge on any atom is 0.233 e. The minimum atomic E-state index is -0.215. The Morgan fingerprint density at radius 1 is 1.32 bits per heavy atom. The molecule has 22 heavy (non-hydrogen) atoms. The summed E-state index contributed by atoms with van der Waals surface area (Å²) in [5.41, 5.74) is 0. The van der Waals surface area contributed by atoms with E-state index in [1.807, 2.05) is 6.92 Å². The van der Waals surface area contributed by atoms with Crippen LogP contribution in [0.25, 0.3) is 0 Å². The Morgan fingerprint density at radius 2 is 2.05 bits per heavy atom. The topological polar surface area (TPSA) is 85.8 Å². The lowest BCUT2D eigenvalue weighted by molar-refractivity contribution is -0.121. The average Bonchev–Trinajstić information content (AvgIpc) is 3.27. The molecule has 0 aromatic carbocycles. The maximum absolute atomic E-state index is 12.4. The highest BCUT2D eigenvalue weighted by Gasteiger charge is 2.31. The van der Waals surface area contributed by atoms with Gasteiger partial charge in [0.25, 0.3) is 0 Å². The first-order chi connectivity index (χ1) is 10.6. The predicted molar refractivity (Wildman–Crippen MR) is 87.0 cm³/mol. The van der Waals surface area contributed by atoms with Crippen molar-refractivity contribution in [2.24, 2.45) is 5.92 Å². The Bertz CT molecular complexity index is 542. The van der Waals surface area contributed by atoms with Crippen molar-refractivity contribution in [3.05, 3.63) is 5.82 Å². The molecule has 2 aliphatic rings. The van der Waals surface area contributed by atoms with E-state index < -0.39 is 0 Å². The Labute approximate surface area is 135 Å². The molecule has 2 fully saturated rings. The molecule has 0 radical (unpaired) electrons. The number of rotatable bonds is 5. The zero-order chi connectivity index (χ0) is 15.7. The number of hydrogen-bond acceptors (Lipinski definition) is 5. The summed E-state index contributed by atoms with van der Waals surface area (Å²) >= 11 is 1.39. The van der Waals surface area contributed by atoms with Crippen LogP contribution in [0.1, 0.15) is 64.1 Å². The predicted octanol–water partition coefficient (Wildman–Crippen LogP) is 2.04. The summed E-state index contributed by atoms with van der Waals surface area (Å²) in [6.07, 6.45) is 7.04. The van der Waals surface area contributed by atoms with E-state index in [0.717, 1.165) is 25.1 Å². The second-order valence-electron chi connectivity index (χ2n) is 6.62. The Morgan fingerprint density at radius 3 is 2.73 bits per heavy atom. The first kappa shape index (κ1) is 15.6. The van der Waals surface area contributed by atoms with E-state index >= 15 is 0 Å². The minimum Gasteiger partial charge on any atom is -0.352 e. The lowest BCUT2D eigenvalue weighted by atomic mass is 9.86. The molecule has 1 heterocycles. The number of nitrogens with one attached hydrogen (secondary N) is 1. The number of thioether (sulfide) groups is 1. The van der Waals surface area contributed by atoms with Gasteiger partial charge in [-0.05, 0) is 38.5 Å². The molecule has 1 aromatic heterocycles. The number of carbonyl (C=O) groups is 1. The van der Waals surface area contributed by atoms with Crippen molar-refractivity contribution in [2.75, 3.05) is 5.84 Å². The summed E-state index contributed by atoms with van der Waals surface area (Å²) in [6, 6.07) is 0.307. The highest BCUT2D eigenvalue weighted by Crippen LogP contribution is 2.39. The molecule has 2 saturated carbocycles. The van der Waals surface area contributed by atoms with Crippen LogP contribution in [0.4, 0.5) is 0 Å². The van der Waals surface area contributed by atoms with E-state index in [-0.39, 0.29) is 11.2 Å². The molecule has 0 spiro atoms. The van der Waals surface area contributed by atoms with Crippen LogP contribution < -0.4 is 11.2 Å². The summed E-state index contributed by atoms with van der Waals surface area (Å²) in [5, 5.41) is 11.9. The molecule has 1 amide bonds. The number of aromatic nitrogens is 3. The van der Waals surface area contributed by atoms with E-state index in [1.165, 1.54) is 31.0 Å². The maximum atomic E-state index is 12.4. The van der Waals surface area contributed by atoms with Gasteiger partial charge in [0.1, 0.15) is 0 Å². The highest BCUT2D eigenvalue weighted by atomic mass is 32.2. The van der Waals surface area contributed by atoms with Crippen molar-refractivity contribution in [2.45, 2.75) is 74.7 Å². The normalized spacial score (nSPS) is 26.6. The van der Waals surface area contributed by atoms with Crippen LogP contribution in [0.15, 0.2) is 5.16 Å². The molecular formula is C15H25N5OS. The standard InChI is InChI=1S/C15H25N5OS/c1-9-5-3-4-6-12(9)17-14(21)10(2)22-15-19-18-13(20(15)16)11-7-8-11/h9-12H,3-8,16H2,1-2H3,(H,17,21)/t9-,10-,12-/m1/s1. The summed E-state index contributed by atoms with van der Waals surface area (Å²) in [5.74, 6) is 7.97. The largest absolute Gasteiger partial charge is 0.352 e. The van der Waals surface area contributed by atoms with Crippen molar-refractivity contribution in [3.63, 3.8) is 0 Å². The van der Waals surface area contributed by atoms with Crippen LogP contribution in [0.3, 0.4) is 0 Å². The molecule has 122 valence electrons. The molecule has 3 atom stereocenters. The van der Waals surface area contributed by atoms with Crippen LogP contribution in [0.5, 0.6) is 0 Å². The molecule has 7 heteroatoms. The smallest absolute Gasteiger partial charge is 0.233 e. The summed E-state index contributed by atoms with van der Waals surface area (Å²) in [4.78, 5) is 12.4. The number of hydrogen-bond donors (Lipinski definition) is 2. The Balaban J connectivity index is 1.56. The fourth-order valence-electron chi connectivity index (χ4n) is 3.03. The van der Waals surface area contributed by atoms with E-state index in [2.05, 4.69) is 22.4 Å². The molecule has 1 aromatic rings. The van der Waals surface area contributed by atoms with Crippen molar-refractivity contribution < 1.29 is 4.79 Å². The van der Waals surface area contributed by atoms with Gasteiger partial charge in [-0.25, -0.2) is 4.68 Å². The van der Waals surface area contributed by atoms with Crippen LogP contribution in [-0.2, 0) is 4.79 Å². The quantitative estimate of drug-likeness (QED) is 0.640. The molecule has 3 rings (SSSR count). The van der Waals surface area contributed by atoms with E-state index in [4.69, 9.17) is 5.84 Å². The first-order valence-corrected chi connectivity index (χ1v) is 9.11. The SMILES string of the molecule is C[C@@H]1CCCC[C@H]1NC(=O)[C@@H](C)Sc1nnc(C2CC2)n1N. The summed E-state index contributed by atoms with van der Waals surface area (Å²) in [7, 11) is 0. The Kier molecular flexibility index (Phi) is 4.61. The Hall–Kier alpha value is -1.24. The molecule has 0 unspecified atom stereocenters. The van der Waals surface area contributed by atoms with Gasteiger partial charge in [0.15, 0.2) is 5.82 Å². The zero-order valence-corrected chi connectivity index (χ0v) is 14.1. The van der Waals surface area contributed by atoms with Gasteiger partial charge >= 0.3 is 0 Å². The summed E-state index contributed by atoms with van der Waals surface area (Å²) < 4.78 is 1.55. The lowest BCUT2D eigenvalue weighted by Crippen LogP contribution is -2.44. The molecule has 0 aliphatic heterocycles. The first-order valence-electron chi connectivity index (χ1n) is 8.23. The minimum absolute atomic E-state index is 0.0692. The van der Waals surface area contributed by atoms with Gasteiger partial charge in [0, 0.05) is 12.0 Å². The molecule has 3 N–H and O–H groups in total. The average molecular weight is 323 g/mol. The lowest BCUT2D eigenvalue weighted by Gasteiger charge is -2.30. The van der Waals surface area contributed by atoms with Gasteiger partial charge in [-0.15, -0.1) is 10.2 Å². The second-order valence-corrected chi connectivity index (χ2v) is 7.93. The summed E-state index contributed by atoms with van der Waals surface area (Å²) in [6.45, 7) is 4.12. The van der Waals surface area contributed by atoms with E-state index in [0.29, 0.717) is 23.0 Å². The van der Waals surface area contributed by atoms with Crippen molar-refractivity contribution in [1.29, 1.82) is 0 Å². The van der Waals surface area contributed by atoms with Crippen molar-refractivity contribution >= 4 is 17.7 Å². The third kappa shape index (κ3) is 3.39. The van der Waals surface area contributed by atoms with Crippen molar-refractivity contribution in [3.8, 4) is 0 Å².